The van der Waals surface area contributed by atoms with Gasteiger partial charge in [0.05, 0.1) is 0 Å². The van der Waals surface area contributed by atoms with Gasteiger partial charge in [0.25, 0.3) is 0 Å². The number of alkyl halides is 1. The van der Waals surface area contributed by atoms with Crippen LogP contribution in [0.3, 0.4) is 0 Å². The van der Waals surface area contributed by atoms with Crippen LogP contribution >= 0.6 is 0 Å². The van der Waals surface area contributed by atoms with Crippen molar-refractivity contribution >= 4 is 0 Å². The van der Waals surface area contributed by atoms with Crippen molar-refractivity contribution in [3.05, 3.63) is 35.9 Å². The zero-order chi connectivity index (χ0) is 6.53. The summed E-state index contributed by atoms with van der Waals surface area (Å²) in [4.78, 5) is 0. The van der Waals surface area contributed by atoms with Crippen LogP contribution in [0.2, 0.25) is 0 Å². The van der Waals surface area contributed by atoms with Gasteiger partial charge in [-0.2, -0.15) is 0 Å². The monoisotopic (exact) mass is 235 g/mol. The predicted octanol–water partition coefficient (Wildman–Crippen LogP) is -1.82. The first kappa shape index (κ1) is 7.02. The van der Waals surface area contributed by atoms with Gasteiger partial charge in [0, 0.05) is 0 Å². The van der Waals surface area contributed by atoms with E-state index in [1.165, 1.54) is 5.56 Å². The van der Waals surface area contributed by atoms with Gasteiger partial charge in [-0.1, -0.05) is 0 Å². The molecule has 0 aromatic heterocycles. The second kappa shape index (κ2) is 3.85. The molecule has 0 aliphatic carbocycles. The Hall–Kier alpha value is -0.0900. The van der Waals surface area contributed by atoms with E-state index in [9.17, 15) is 0 Å². The zero-order valence-corrected chi connectivity index (χ0v) is 7.08. The molecule has 9 heavy (non-hydrogen) atoms. The average Bonchev–Trinajstić information content (AvgIpc) is 1.91. The molecule has 1 rings (SSSR count). The molecular weight excluding hydrogens is 227 g/mol. The van der Waals surface area contributed by atoms with Crippen LogP contribution in [-0.2, 0) is 4.43 Å². The predicted molar refractivity (Wildman–Crippen MR) is 32.4 cm³/mol. The van der Waals surface area contributed by atoms with Crippen molar-refractivity contribution in [2.45, 2.75) is 4.43 Å². The average molecular weight is 235 g/mol. The molecule has 0 saturated heterocycles. The molecule has 0 atom stereocenters. The number of rotatable bonds is 2. The van der Waals surface area contributed by atoms with E-state index in [1.54, 1.807) is 0 Å². The molecule has 2 heteroatoms. The van der Waals surface area contributed by atoms with Crippen LogP contribution in [0.5, 0.6) is 0 Å². The molecular formula is C7H8IO-. The SMILES string of the molecule is O[I-]Cc1ccccc1. The van der Waals surface area contributed by atoms with Crippen molar-refractivity contribution in [2.24, 2.45) is 0 Å². The van der Waals surface area contributed by atoms with Crippen LogP contribution in [0.25, 0.3) is 0 Å². The van der Waals surface area contributed by atoms with Gasteiger partial charge in [-0.25, -0.2) is 0 Å². The Labute approximate surface area is 65.5 Å². The fourth-order valence-electron chi connectivity index (χ4n) is 0.636. The van der Waals surface area contributed by atoms with Crippen molar-refractivity contribution in [2.75, 3.05) is 0 Å². The summed E-state index contributed by atoms with van der Waals surface area (Å²) in [6.45, 7) is 0. The molecule has 0 radical (unpaired) electrons. The van der Waals surface area contributed by atoms with Crippen LogP contribution in [0.1, 0.15) is 5.56 Å². The maximum atomic E-state index is 8.63. The summed E-state index contributed by atoms with van der Waals surface area (Å²) in [5.74, 6) is 0. The summed E-state index contributed by atoms with van der Waals surface area (Å²) in [5.41, 5.74) is 1.24. The van der Waals surface area contributed by atoms with Gasteiger partial charge in [0.2, 0.25) is 0 Å². The van der Waals surface area contributed by atoms with Gasteiger partial charge in [-0.3, -0.25) is 0 Å². The van der Waals surface area contributed by atoms with Crippen LogP contribution in [0.4, 0.5) is 0 Å². The van der Waals surface area contributed by atoms with E-state index < -0.39 is 21.6 Å². The van der Waals surface area contributed by atoms with E-state index in [1.807, 2.05) is 30.3 Å². The second-order valence-corrected chi connectivity index (χ2v) is 3.18. The molecule has 0 unspecified atom stereocenters. The Kier molecular flexibility index (Phi) is 3.00. The summed E-state index contributed by atoms with van der Waals surface area (Å²) in [6, 6.07) is 10.1. The summed E-state index contributed by atoms with van der Waals surface area (Å²) < 4.78 is 9.50. The topological polar surface area (TPSA) is 20.2 Å². The first-order valence-corrected chi connectivity index (χ1v) is 5.19. The fourth-order valence-corrected chi connectivity index (χ4v) is 1.54. The Morgan fingerprint density at radius 2 is 1.89 bits per heavy atom. The van der Waals surface area contributed by atoms with Gasteiger partial charge >= 0.3 is 65.4 Å². The van der Waals surface area contributed by atoms with E-state index in [0.29, 0.717) is 0 Å². The summed E-state index contributed by atoms with van der Waals surface area (Å²) >= 11 is -0.571. The standard InChI is InChI=1S/C7H8IO/c9-8-6-7-4-2-1-3-5-7/h1-5,9H,6H2/q-1. The molecule has 0 aliphatic rings. The quantitative estimate of drug-likeness (QED) is 0.473. The molecule has 0 aliphatic heterocycles. The third-order valence-corrected chi connectivity index (χ3v) is 2.28. The molecule has 0 amide bonds. The molecule has 0 bridgehead atoms. The van der Waals surface area contributed by atoms with Crippen molar-refractivity contribution < 1.29 is 25.1 Å². The summed E-state index contributed by atoms with van der Waals surface area (Å²) in [7, 11) is 0. The van der Waals surface area contributed by atoms with Gasteiger partial charge < -0.3 is 0 Å². The van der Waals surface area contributed by atoms with Crippen molar-refractivity contribution in [1.29, 1.82) is 0 Å². The Bertz CT molecular complexity index is 162. The van der Waals surface area contributed by atoms with Crippen molar-refractivity contribution in [3.8, 4) is 0 Å². The zero-order valence-electron chi connectivity index (χ0n) is 4.92. The molecule has 1 aromatic rings. The number of benzene rings is 1. The van der Waals surface area contributed by atoms with Crippen molar-refractivity contribution in [3.63, 3.8) is 0 Å². The minimum atomic E-state index is -0.571. The van der Waals surface area contributed by atoms with Crippen LogP contribution in [0, 0.1) is 0 Å². The Balaban J connectivity index is 2.61. The second-order valence-electron chi connectivity index (χ2n) is 1.74. The van der Waals surface area contributed by atoms with E-state index >= 15 is 0 Å². The molecule has 0 saturated carbocycles. The van der Waals surface area contributed by atoms with Crippen LogP contribution < -0.4 is 21.6 Å². The normalized spacial score (nSPS) is 9.89. The molecule has 50 valence electrons. The summed E-state index contributed by atoms with van der Waals surface area (Å²) in [6.07, 6.45) is 0. The van der Waals surface area contributed by atoms with E-state index in [4.69, 9.17) is 3.44 Å². The number of hydrogen-bond donors (Lipinski definition) is 1. The minimum absolute atomic E-state index is 0.571. The fraction of sp³-hybridized carbons (Fsp3) is 0.143. The molecule has 0 spiro atoms. The molecule has 0 heterocycles. The first-order valence-electron chi connectivity index (χ1n) is 2.70. The van der Waals surface area contributed by atoms with Crippen LogP contribution in [-0.4, -0.2) is 3.44 Å². The van der Waals surface area contributed by atoms with Crippen molar-refractivity contribution in [1.82, 2.24) is 0 Å². The van der Waals surface area contributed by atoms with E-state index in [0.717, 1.165) is 4.43 Å². The van der Waals surface area contributed by atoms with E-state index in [2.05, 4.69) is 0 Å². The maximum absolute atomic E-state index is 8.63. The first-order chi connectivity index (χ1) is 4.43. The number of hydrogen-bond acceptors (Lipinski definition) is 1. The molecule has 1 N–H and O–H groups in total. The third-order valence-electron chi connectivity index (χ3n) is 1.06. The molecule has 1 nitrogen and oxygen atoms in total. The molecule has 1 aromatic carbocycles. The van der Waals surface area contributed by atoms with Gasteiger partial charge in [0.15, 0.2) is 0 Å². The van der Waals surface area contributed by atoms with Gasteiger partial charge in [-0.15, -0.1) is 0 Å². The third kappa shape index (κ3) is 2.32. The van der Waals surface area contributed by atoms with Gasteiger partial charge in [-0.05, 0) is 0 Å². The van der Waals surface area contributed by atoms with E-state index in [-0.39, 0.29) is 0 Å². The number of halogens is 1. The summed E-state index contributed by atoms with van der Waals surface area (Å²) in [5, 5.41) is 0. The molecule has 0 fully saturated rings. The van der Waals surface area contributed by atoms with Crippen LogP contribution in [0.15, 0.2) is 30.3 Å². The Morgan fingerprint density at radius 1 is 1.22 bits per heavy atom. The van der Waals surface area contributed by atoms with Gasteiger partial charge in [0.1, 0.15) is 0 Å². The Morgan fingerprint density at radius 3 is 2.44 bits per heavy atom.